The Labute approximate surface area is 141 Å². The van der Waals surface area contributed by atoms with Crippen LogP contribution in [0.15, 0.2) is 6.33 Å². The normalized spacial score (nSPS) is 23.2. The van der Waals surface area contributed by atoms with Crippen molar-refractivity contribution < 1.29 is 14.3 Å². The molecule has 0 aromatic carbocycles. The number of hydrogen-bond acceptors (Lipinski definition) is 7. The van der Waals surface area contributed by atoms with E-state index in [0.29, 0.717) is 19.5 Å². The molecule has 3 heterocycles. The van der Waals surface area contributed by atoms with Gasteiger partial charge in [0.1, 0.15) is 6.33 Å². The molecule has 0 bridgehead atoms. The summed E-state index contributed by atoms with van der Waals surface area (Å²) in [7, 11) is 0. The predicted molar refractivity (Wildman–Crippen MR) is 85.2 cm³/mol. The van der Waals surface area contributed by atoms with Crippen molar-refractivity contribution in [2.45, 2.75) is 31.9 Å². The second-order valence-electron chi connectivity index (χ2n) is 6.28. The van der Waals surface area contributed by atoms with E-state index < -0.39 is 0 Å². The zero-order valence-corrected chi connectivity index (χ0v) is 14.0. The van der Waals surface area contributed by atoms with Crippen molar-refractivity contribution in [2.75, 3.05) is 52.5 Å². The van der Waals surface area contributed by atoms with Gasteiger partial charge < -0.3 is 14.4 Å². The number of aromatic nitrogens is 4. The zero-order valence-electron chi connectivity index (χ0n) is 14.0. The van der Waals surface area contributed by atoms with Gasteiger partial charge in [0.2, 0.25) is 5.91 Å². The summed E-state index contributed by atoms with van der Waals surface area (Å²) in [4.78, 5) is 16.8. The van der Waals surface area contributed by atoms with Crippen molar-refractivity contribution in [1.82, 2.24) is 30.0 Å². The Morgan fingerprint density at radius 1 is 1.21 bits per heavy atom. The third-order valence-electron chi connectivity index (χ3n) is 4.44. The van der Waals surface area contributed by atoms with Crippen LogP contribution in [0.4, 0.5) is 0 Å². The van der Waals surface area contributed by atoms with Gasteiger partial charge in [-0.2, -0.15) is 0 Å². The predicted octanol–water partition coefficient (Wildman–Crippen LogP) is -0.597. The first-order valence-electron chi connectivity index (χ1n) is 8.71. The molecule has 0 radical (unpaired) electrons. The number of tetrazole rings is 1. The Morgan fingerprint density at radius 2 is 2.08 bits per heavy atom. The molecule has 0 saturated carbocycles. The molecule has 2 fully saturated rings. The molecule has 1 atom stereocenters. The Kier molecular flexibility index (Phi) is 6.50. The van der Waals surface area contributed by atoms with Crippen LogP contribution >= 0.6 is 0 Å². The van der Waals surface area contributed by atoms with E-state index in [1.54, 1.807) is 11.0 Å². The van der Waals surface area contributed by atoms with E-state index in [0.717, 1.165) is 58.8 Å². The first-order chi connectivity index (χ1) is 11.8. The van der Waals surface area contributed by atoms with Crippen LogP contribution in [0.25, 0.3) is 0 Å². The third-order valence-corrected chi connectivity index (χ3v) is 4.44. The summed E-state index contributed by atoms with van der Waals surface area (Å²) < 4.78 is 13.0. The summed E-state index contributed by atoms with van der Waals surface area (Å²) >= 11 is 0. The van der Waals surface area contributed by atoms with E-state index in [4.69, 9.17) is 9.47 Å². The summed E-state index contributed by atoms with van der Waals surface area (Å²) in [5.74, 6) is 0.195. The Morgan fingerprint density at radius 3 is 2.88 bits per heavy atom. The fraction of sp³-hybridized carbons (Fsp3) is 0.867. The van der Waals surface area contributed by atoms with E-state index >= 15 is 0 Å². The quantitative estimate of drug-likeness (QED) is 0.685. The van der Waals surface area contributed by atoms with Gasteiger partial charge in [-0.1, -0.05) is 0 Å². The van der Waals surface area contributed by atoms with Crippen molar-refractivity contribution in [2.24, 2.45) is 0 Å². The van der Waals surface area contributed by atoms with Crippen molar-refractivity contribution in [3.63, 3.8) is 0 Å². The molecular weight excluding hydrogens is 312 g/mol. The van der Waals surface area contributed by atoms with Crippen molar-refractivity contribution in [3.8, 4) is 0 Å². The molecule has 9 heteroatoms. The maximum absolute atomic E-state index is 12.5. The smallest absolute Gasteiger partial charge is 0.222 e. The summed E-state index contributed by atoms with van der Waals surface area (Å²) in [6.45, 7) is 7.18. The summed E-state index contributed by atoms with van der Waals surface area (Å²) in [5, 5.41) is 11.0. The summed E-state index contributed by atoms with van der Waals surface area (Å²) in [6, 6.07) is 0. The maximum atomic E-state index is 12.5. The monoisotopic (exact) mass is 338 g/mol. The number of ether oxygens (including phenoxy) is 2. The minimum Gasteiger partial charge on any atom is -0.379 e. The summed E-state index contributed by atoms with van der Waals surface area (Å²) in [5.41, 5.74) is 0. The molecule has 1 aromatic heterocycles. The zero-order chi connectivity index (χ0) is 16.6. The topological polar surface area (TPSA) is 85.6 Å². The lowest BCUT2D eigenvalue weighted by Gasteiger charge is -2.31. The first kappa shape index (κ1) is 17.2. The lowest BCUT2D eigenvalue weighted by Crippen LogP contribution is -2.45. The van der Waals surface area contributed by atoms with E-state index in [-0.39, 0.29) is 12.0 Å². The number of rotatable bonds is 6. The second-order valence-corrected chi connectivity index (χ2v) is 6.28. The van der Waals surface area contributed by atoms with Gasteiger partial charge in [-0.15, -0.1) is 5.10 Å². The van der Waals surface area contributed by atoms with E-state index in [1.807, 2.05) is 4.90 Å². The molecule has 1 amide bonds. The van der Waals surface area contributed by atoms with E-state index in [2.05, 4.69) is 20.4 Å². The number of aryl methyl sites for hydroxylation is 1. The molecule has 0 unspecified atom stereocenters. The molecule has 2 aliphatic rings. The number of hydrogen-bond donors (Lipinski definition) is 0. The second kappa shape index (κ2) is 9.05. The van der Waals surface area contributed by atoms with Gasteiger partial charge in [-0.25, -0.2) is 4.68 Å². The molecule has 134 valence electrons. The Bertz CT molecular complexity index is 491. The van der Waals surface area contributed by atoms with E-state index in [9.17, 15) is 4.79 Å². The minimum absolute atomic E-state index is 0.0917. The molecule has 24 heavy (non-hydrogen) atoms. The molecule has 0 N–H and O–H groups in total. The average Bonchev–Trinajstić information content (AvgIpc) is 3.01. The van der Waals surface area contributed by atoms with E-state index in [1.165, 1.54) is 0 Å². The Hall–Kier alpha value is -1.58. The molecule has 2 aliphatic heterocycles. The van der Waals surface area contributed by atoms with Crippen LogP contribution in [0.5, 0.6) is 0 Å². The standard InChI is InChI=1S/C15H26N6O3/c22-15(3-1-5-21-13-16-17-18-21)20-4-2-8-24-14(12-20)11-19-6-9-23-10-7-19/h13-14H,1-12H2/t14-/m0/s1. The highest BCUT2D eigenvalue weighted by molar-refractivity contribution is 5.76. The average molecular weight is 338 g/mol. The van der Waals surface area contributed by atoms with Gasteiger partial charge >= 0.3 is 0 Å². The minimum atomic E-state index is 0.0917. The molecule has 2 saturated heterocycles. The molecule has 1 aromatic rings. The molecule has 9 nitrogen and oxygen atoms in total. The highest BCUT2D eigenvalue weighted by Crippen LogP contribution is 2.11. The van der Waals surface area contributed by atoms with Crippen LogP contribution < -0.4 is 0 Å². The largest absolute Gasteiger partial charge is 0.379 e. The van der Waals surface area contributed by atoms with Gasteiger partial charge in [0.25, 0.3) is 0 Å². The highest BCUT2D eigenvalue weighted by atomic mass is 16.5. The fourth-order valence-corrected chi connectivity index (χ4v) is 3.14. The van der Waals surface area contributed by atoms with Gasteiger partial charge in [0.05, 0.1) is 19.3 Å². The highest BCUT2D eigenvalue weighted by Gasteiger charge is 2.24. The van der Waals surface area contributed by atoms with Crippen LogP contribution in [0, 0.1) is 0 Å². The fourth-order valence-electron chi connectivity index (χ4n) is 3.14. The number of nitrogens with zero attached hydrogens (tertiary/aromatic N) is 6. The van der Waals surface area contributed by atoms with Gasteiger partial charge in [0, 0.05) is 52.3 Å². The molecular formula is C15H26N6O3. The van der Waals surface area contributed by atoms with Crippen molar-refractivity contribution in [3.05, 3.63) is 6.33 Å². The van der Waals surface area contributed by atoms with Crippen LogP contribution in [0.3, 0.4) is 0 Å². The third kappa shape index (κ3) is 5.22. The number of amides is 1. The van der Waals surface area contributed by atoms with Crippen LogP contribution in [-0.4, -0.2) is 94.6 Å². The lowest BCUT2D eigenvalue weighted by molar-refractivity contribution is -0.132. The first-order valence-corrected chi connectivity index (χ1v) is 8.71. The molecule has 0 aliphatic carbocycles. The van der Waals surface area contributed by atoms with Gasteiger partial charge in [0.15, 0.2) is 0 Å². The van der Waals surface area contributed by atoms with Crippen LogP contribution in [-0.2, 0) is 20.8 Å². The van der Waals surface area contributed by atoms with Crippen molar-refractivity contribution in [1.29, 1.82) is 0 Å². The van der Waals surface area contributed by atoms with Crippen LogP contribution in [0.1, 0.15) is 19.3 Å². The SMILES string of the molecule is O=C(CCCn1cnnn1)N1CCCO[C@@H](CN2CCOCC2)C1. The maximum Gasteiger partial charge on any atom is 0.222 e. The number of morpholine rings is 1. The van der Waals surface area contributed by atoms with Crippen LogP contribution in [0.2, 0.25) is 0 Å². The van der Waals surface area contributed by atoms with Crippen molar-refractivity contribution >= 4 is 5.91 Å². The number of carbonyl (C=O) groups excluding carboxylic acids is 1. The van der Waals surface area contributed by atoms with Gasteiger partial charge in [-0.3, -0.25) is 9.69 Å². The molecule has 3 rings (SSSR count). The lowest BCUT2D eigenvalue weighted by atomic mass is 10.2. The van der Waals surface area contributed by atoms with Gasteiger partial charge in [-0.05, 0) is 23.3 Å². The molecule has 0 spiro atoms. The Balaban J connectivity index is 1.43. The number of carbonyl (C=O) groups is 1. The summed E-state index contributed by atoms with van der Waals surface area (Å²) in [6.07, 6.45) is 3.83.